The lowest BCUT2D eigenvalue weighted by atomic mass is 10.1. The Morgan fingerprint density at radius 2 is 1.84 bits per heavy atom. The van der Waals surface area contributed by atoms with E-state index in [1.165, 1.54) is 12.1 Å². The van der Waals surface area contributed by atoms with Gasteiger partial charge in [0.25, 0.3) is 11.1 Å². The van der Waals surface area contributed by atoms with Gasteiger partial charge < -0.3 is 4.74 Å². The zero-order chi connectivity index (χ0) is 22.0. The predicted molar refractivity (Wildman–Crippen MR) is 125 cm³/mol. The van der Waals surface area contributed by atoms with Gasteiger partial charge in [0.15, 0.2) is 0 Å². The Labute approximate surface area is 195 Å². The largest absolute Gasteiger partial charge is 0.488 e. The van der Waals surface area contributed by atoms with Crippen molar-refractivity contribution in [1.29, 1.82) is 0 Å². The molecule has 1 aliphatic heterocycles. The van der Waals surface area contributed by atoms with E-state index < -0.39 is 11.1 Å². The summed E-state index contributed by atoms with van der Waals surface area (Å²) in [6.45, 7) is 0.229. The van der Waals surface area contributed by atoms with Gasteiger partial charge in [-0.3, -0.25) is 9.59 Å². The first kappa shape index (κ1) is 21.6. The normalized spacial score (nSPS) is 15.1. The monoisotopic (exact) mass is 517 g/mol. The summed E-state index contributed by atoms with van der Waals surface area (Å²) in [5.41, 5.74) is 1.85. The van der Waals surface area contributed by atoms with Gasteiger partial charge in [0.1, 0.15) is 18.2 Å². The number of anilines is 1. The van der Waals surface area contributed by atoms with Gasteiger partial charge in [0, 0.05) is 15.1 Å². The summed E-state index contributed by atoms with van der Waals surface area (Å²) < 4.78 is 19.8. The molecule has 1 saturated heterocycles. The average molecular weight is 519 g/mol. The van der Waals surface area contributed by atoms with Crippen molar-refractivity contribution in [3.05, 3.63) is 98.1 Å². The van der Waals surface area contributed by atoms with Crippen LogP contribution in [0.25, 0.3) is 6.08 Å². The van der Waals surface area contributed by atoms with Crippen LogP contribution in [0.15, 0.2) is 76.1 Å². The topological polar surface area (TPSA) is 46.6 Å². The van der Waals surface area contributed by atoms with E-state index in [-0.39, 0.29) is 17.3 Å². The lowest BCUT2D eigenvalue weighted by Gasteiger charge is -2.12. The van der Waals surface area contributed by atoms with Crippen molar-refractivity contribution in [2.75, 3.05) is 4.90 Å². The van der Waals surface area contributed by atoms with Crippen LogP contribution in [0.3, 0.4) is 0 Å². The highest BCUT2D eigenvalue weighted by Gasteiger charge is 2.36. The Morgan fingerprint density at radius 1 is 1.06 bits per heavy atom. The van der Waals surface area contributed by atoms with Gasteiger partial charge >= 0.3 is 0 Å². The molecule has 3 aromatic rings. The summed E-state index contributed by atoms with van der Waals surface area (Å²) in [6.07, 6.45) is 1.63. The van der Waals surface area contributed by atoms with E-state index in [9.17, 15) is 14.0 Å². The molecule has 4 nitrogen and oxygen atoms in total. The number of nitrogens with zero attached hydrogens (tertiary/aromatic N) is 1. The van der Waals surface area contributed by atoms with Crippen molar-refractivity contribution in [1.82, 2.24) is 0 Å². The molecule has 3 aromatic carbocycles. The molecule has 31 heavy (non-hydrogen) atoms. The molecule has 8 heteroatoms. The molecule has 0 atom stereocenters. The summed E-state index contributed by atoms with van der Waals surface area (Å²) in [5, 5.41) is 0.0336. The van der Waals surface area contributed by atoms with Gasteiger partial charge in [0.05, 0.1) is 10.6 Å². The Kier molecular flexibility index (Phi) is 6.46. The van der Waals surface area contributed by atoms with Gasteiger partial charge in [-0.25, -0.2) is 9.29 Å². The van der Waals surface area contributed by atoms with E-state index >= 15 is 0 Å². The third kappa shape index (κ3) is 5.01. The molecule has 0 spiro atoms. The highest BCUT2D eigenvalue weighted by atomic mass is 79.9. The number of amides is 2. The summed E-state index contributed by atoms with van der Waals surface area (Å²) in [7, 11) is 0. The van der Waals surface area contributed by atoms with Crippen molar-refractivity contribution < 1.29 is 18.7 Å². The molecule has 0 aliphatic carbocycles. The fraction of sp³-hybridized carbons (Fsp3) is 0.0435. The van der Waals surface area contributed by atoms with Crippen LogP contribution in [0, 0.1) is 5.82 Å². The van der Waals surface area contributed by atoms with E-state index in [1.54, 1.807) is 54.6 Å². The van der Waals surface area contributed by atoms with Crippen molar-refractivity contribution >= 4 is 62.2 Å². The Morgan fingerprint density at radius 3 is 2.58 bits per heavy atom. The zero-order valence-electron chi connectivity index (χ0n) is 15.8. The first-order valence-corrected chi connectivity index (χ1v) is 11.1. The molecule has 0 N–H and O–H groups in total. The van der Waals surface area contributed by atoms with Crippen molar-refractivity contribution in [3.8, 4) is 5.75 Å². The SMILES string of the molecule is O=C1S/C(=C/c2cc(Br)ccc2OCc2ccc(F)cc2)C(=O)N1c1cccc(Cl)c1. The lowest BCUT2D eigenvalue weighted by Crippen LogP contribution is -2.27. The minimum Gasteiger partial charge on any atom is -0.488 e. The number of hydrogen-bond acceptors (Lipinski definition) is 4. The molecule has 1 aliphatic rings. The number of benzene rings is 3. The van der Waals surface area contributed by atoms with Crippen molar-refractivity contribution in [3.63, 3.8) is 0 Å². The Bertz CT molecular complexity index is 1200. The second kappa shape index (κ2) is 9.26. The molecule has 0 saturated carbocycles. The number of thioether (sulfide) groups is 1. The standard InChI is InChI=1S/C23H14BrClFNO3S/c24-16-6-9-20(30-13-14-4-7-18(26)8-5-14)15(10-16)11-21-22(28)27(23(29)31-21)19-3-1-2-17(25)12-19/h1-12H,13H2/b21-11+. The maximum Gasteiger partial charge on any atom is 0.298 e. The number of hydrogen-bond donors (Lipinski definition) is 0. The molecule has 2 amide bonds. The average Bonchev–Trinajstić information content (AvgIpc) is 3.01. The van der Waals surface area contributed by atoms with Gasteiger partial charge in [0.2, 0.25) is 0 Å². The highest BCUT2D eigenvalue weighted by molar-refractivity contribution is 9.10. The van der Waals surface area contributed by atoms with Crippen LogP contribution in [-0.2, 0) is 11.4 Å². The predicted octanol–water partition coefficient (Wildman–Crippen LogP) is 7.06. The van der Waals surface area contributed by atoms with E-state index in [4.69, 9.17) is 16.3 Å². The molecular weight excluding hydrogens is 505 g/mol. The van der Waals surface area contributed by atoms with E-state index in [0.29, 0.717) is 22.0 Å². The maximum atomic E-state index is 13.1. The number of rotatable bonds is 5. The third-order valence-electron chi connectivity index (χ3n) is 4.43. The van der Waals surface area contributed by atoms with Crippen LogP contribution in [0.2, 0.25) is 5.02 Å². The minimum absolute atomic E-state index is 0.229. The van der Waals surface area contributed by atoms with Crippen LogP contribution in [0.1, 0.15) is 11.1 Å². The molecule has 0 unspecified atom stereocenters. The maximum absolute atomic E-state index is 13.1. The number of carbonyl (C=O) groups excluding carboxylic acids is 2. The third-order valence-corrected chi connectivity index (χ3v) is 6.02. The van der Waals surface area contributed by atoms with Crippen LogP contribution < -0.4 is 9.64 Å². The van der Waals surface area contributed by atoms with Crippen LogP contribution >= 0.6 is 39.3 Å². The van der Waals surface area contributed by atoms with E-state index in [2.05, 4.69) is 15.9 Å². The van der Waals surface area contributed by atoms with Crippen molar-refractivity contribution in [2.24, 2.45) is 0 Å². The first-order chi connectivity index (χ1) is 14.9. The highest BCUT2D eigenvalue weighted by Crippen LogP contribution is 2.38. The quantitative estimate of drug-likeness (QED) is 0.339. The molecule has 4 rings (SSSR count). The van der Waals surface area contributed by atoms with Crippen LogP contribution in [-0.4, -0.2) is 11.1 Å². The molecule has 1 fully saturated rings. The Hall–Kier alpha value is -2.61. The minimum atomic E-state index is -0.429. The van der Waals surface area contributed by atoms with Crippen LogP contribution in [0.5, 0.6) is 5.75 Å². The fourth-order valence-electron chi connectivity index (χ4n) is 2.95. The van der Waals surface area contributed by atoms with E-state index in [1.807, 2.05) is 6.07 Å². The first-order valence-electron chi connectivity index (χ1n) is 9.11. The number of imide groups is 1. The molecule has 0 radical (unpaired) electrons. The smallest absolute Gasteiger partial charge is 0.298 e. The summed E-state index contributed by atoms with van der Waals surface area (Å²) in [5.74, 6) is -0.215. The van der Waals surface area contributed by atoms with Gasteiger partial charge in [-0.2, -0.15) is 0 Å². The molecule has 0 aromatic heterocycles. The second-order valence-electron chi connectivity index (χ2n) is 6.59. The summed E-state index contributed by atoms with van der Waals surface area (Å²) >= 11 is 10.3. The summed E-state index contributed by atoms with van der Waals surface area (Å²) in [6, 6.07) is 18.0. The number of halogens is 3. The van der Waals surface area contributed by atoms with Gasteiger partial charge in [-0.1, -0.05) is 45.7 Å². The fourth-order valence-corrected chi connectivity index (χ4v) is 4.35. The van der Waals surface area contributed by atoms with Gasteiger partial charge in [-0.05, 0) is 71.9 Å². The number of ether oxygens (including phenoxy) is 1. The summed E-state index contributed by atoms with van der Waals surface area (Å²) in [4.78, 5) is 26.8. The molecule has 0 bridgehead atoms. The zero-order valence-corrected chi connectivity index (χ0v) is 19.0. The molecular formula is C23H14BrClFNO3S. The van der Waals surface area contributed by atoms with Crippen LogP contribution in [0.4, 0.5) is 14.9 Å². The molecule has 1 heterocycles. The second-order valence-corrected chi connectivity index (χ2v) is 8.94. The lowest BCUT2D eigenvalue weighted by molar-refractivity contribution is -0.113. The van der Waals surface area contributed by atoms with Crippen molar-refractivity contribution in [2.45, 2.75) is 6.61 Å². The Balaban J connectivity index is 1.60. The molecule has 156 valence electrons. The number of carbonyl (C=O) groups is 2. The van der Waals surface area contributed by atoms with Gasteiger partial charge in [-0.15, -0.1) is 0 Å². The van der Waals surface area contributed by atoms with E-state index in [0.717, 1.165) is 26.7 Å².